The van der Waals surface area contributed by atoms with Gasteiger partial charge in [0.15, 0.2) is 0 Å². The molecule has 4 heteroatoms. The molecule has 0 amide bonds. The van der Waals surface area contributed by atoms with Gasteiger partial charge < -0.3 is 15.4 Å². The Balaban J connectivity index is 0.00000196. The molecule has 0 saturated heterocycles. The molecular weight excluding hydrogens is 212 g/mol. The zero-order valence-corrected chi connectivity index (χ0v) is 10.6. The summed E-state index contributed by atoms with van der Waals surface area (Å²) in [7, 11) is 2.21. The van der Waals surface area contributed by atoms with Crippen molar-refractivity contribution >= 4 is 12.4 Å². The van der Waals surface area contributed by atoms with E-state index in [-0.39, 0.29) is 12.4 Å². The van der Waals surface area contributed by atoms with Gasteiger partial charge in [-0.3, -0.25) is 0 Å². The Morgan fingerprint density at radius 1 is 1.20 bits per heavy atom. The summed E-state index contributed by atoms with van der Waals surface area (Å²) < 4.78 is 5.38. The first-order valence-electron chi connectivity index (χ1n) is 5.82. The van der Waals surface area contributed by atoms with E-state index in [0.717, 1.165) is 19.2 Å². The molecule has 0 heterocycles. The van der Waals surface area contributed by atoms with Crippen LogP contribution in [-0.2, 0) is 4.74 Å². The minimum absolute atomic E-state index is 0. The largest absolute Gasteiger partial charge is 0.379 e. The van der Waals surface area contributed by atoms with Gasteiger partial charge in [-0.2, -0.15) is 0 Å². The first kappa shape index (κ1) is 15.2. The first-order valence-corrected chi connectivity index (χ1v) is 5.82. The predicted molar refractivity (Wildman–Crippen MR) is 66.6 cm³/mol. The fourth-order valence-electron chi connectivity index (χ4n) is 2.10. The first-order chi connectivity index (χ1) is 6.84. The quantitative estimate of drug-likeness (QED) is 0.713. The number of hydrogen-bond donors (Lipinski definition) is 1. The molecule has 0 aromatic rings. The van der Waals surface area contributed by atoms with Crippen LogP contribution in [-0.4, -0.2) is 44.3 Å². The molecule has 1 aliphatic rings. The minimum atomic E-state index is 0. The van der Waals surface area contributed by atoms with E-state index in [0.29, 0.717) is 13.2 Å². The molecule has 1 fully saturated rings. The maximum absolute atomic E-state index is 5.38. The molecule has 1 saturated carbocycles. The van der Waals surface area contributed by atoms with Gasteiger partial charge in [-0.15, -0.1) is 12.4 Å². The van der Waals surface area contributed by atoms with Gasteiger partial charge in [-0.25, -0.2) is 0 Å². The van der Waals surface area contributed by atoms with E-state index < -0.39 is 0 Å². The van der Waals surface area contributed by atoms with Gasteiger partial charge in [0.05, 0.1) is 13.2 Å². The fourth-order valence-corrected chi connectivity index (χ4v) is 2.10. The number of nitrogens with zero attached hydrogens (tertiary/aromatic N) is 1. The van der Waals surface area contributed by atoms with Crippen LogP contribution in [0, 0.1) is 0 Å². The number of ether oxygens (including phenoxy) is 1. The van der Waals surface area contributed by atoms with Crippen LogP contribution < -0.4 is 5.73 Å². The molecule has 15 heavy (non-hydrogen) atoms. The summed E-state index contributed by atoms with van der Waals surface area (Å²) in [4.78, 5) is 2.44. The van der Waals surface area contributed by atoms with Crippen molar-refractivity contribution in [3.8, 4) is 0 Å². The molecule has 0 radical (unpaired) electrons. The molecule has 0 spiro atoms. The number of hydrogen-bond acceptors (Lipinski definition) is 3. The van der Waals surface area contributed by atoms with Crippen molar-refractivity contribution in [2.24, 2.45) is 5.73 Å². The van der Waals surface area contributed by atoms with E-state index in [9.17, 15) is 0 Å². The van der Waals surface area contributed by atoms with Crippen LogP contribution in [0.4, 0.5) is 0 Å². The fraction of sp³-hybridized carbons (Fsp3) is 1.00. The average molecular weight is 237 g/mol. The van der Waals surface area contributed by atoms with Crippen LogP contribution in [0.2, 0.25) is 0 Å². The SMILES string of the molecule is CN(CCOCCN)C1CCCCC1.Cl. The highest BCUT2D eigenvalue weighted by molar-refractivity contribution is 5.85. The van der Waals surface area contributed by atoms with Crippen molar-refractivity contribution in [1.82, 2.24) is 4.90 Å². The zero-order valence-electron chi connectivity index (χ0n) is 9.78. The summed E-state index contributed by atoms with van der Waals surface area (Å²) in [5.41, 5.74) is 5.35. The lowest BCUT2D eigenvalue weighted by atomic mass is 9.94. The van der Waals surface area contributed by atoms with E-state index in [1.165, 1.54) is 32.1 Å². The van der Waals surface area contributed by atoms with Crippen LogP contribution in [0.15, 0.2) is 0 Å². The Labute approximate surface area is 99.7 Å². The Bertz CT molecular complexity index is 141. The molecule has 1 rings (SSSR count). The maximum atomic E-state index is 5.38. The second kappa shape index (κ2) is 9.40. The van der Waals surface area contributed by atoms with Gasteiger partial charge in [0.2, 0.25) is 0 Å². The third-order valence-electron chi connectivity index (χ3n) is 3.05. The van der Waals surface area contributed by atoms with Gasteiger partial charge in [0.1, 0.15) is 0 Å². The lowest BCUT2D eigenvalue weighted by molar-refractivity contribution is 0.0942. The van der Waals surface area contributed by atoms with Crippen LogP contribution >= 0.6 is 12.4 Å². The number of halogens is 1. The summed E-state index contributed by atoms with van der Waals surface area (Å²) in [6, 6.07) is 0.797. The van der Waals surface area contributed by atoms with Crippen molar-refractivity contribution in [3.05, 3.63) is 0 Å². The topological polar surface area (TPSA) is 38.5 Å². The highest BCUT2D eigenvalue weighted by atomic mass is 35.5. The monoisotopic (exact) mass is 236 g/mol. The van der Waals surface area contributed by atoms with Crippen LogP contribution in [0.1, 0.15) is 32.1 Å². The lowest BCUT2D eigenvalue weighted by Crippen LogP contribution is -2.35. The van der Waals surface area contributed by atoms with Gasteiger partial charge in [0.25, 0.3) is 0 Å². The zero-order chi connectivity index (χ0) is 10.2. The molecule has 0 aromatic heterocycles. The minimum Gasteiger partial charge on any atom is -0.379 e. The molecule has 92 valence electrons. The molecule has 0 aliphatic heterocycles. The second-order valence-corrected chi connectivity index (χ2v) is 4.17. The highest BCUT2D eigenvalue weighted by Gasteiger charge is 2.17. The van der Waals surface area contributed by atoms with Gasteiger partial charge >= 0.3 is 0 Å². The van der Waals surface area contributed by atoms with Crippen molar-refractivity contribution in [2.75, 3.05) is 33.4 Å². The van der Waals surface area contributed by atoms with E-state index in [4.69, 9.17) is 10.5 Å². The number of rotatable bonds is 6. The van der Waals surface area contributed by atoms with E-state index >= 15 is 0 Å². The van der Waals surface area contributed by atoms with Crippen molar-refractivity contribution in [1.29, 1.82) is 0 Å². The predicted octanol–water partition coefficient (Wildman–Crippen LogP) is 1.65. The summed E-state index contributed by atoms with van der Waals surface area (Å²) >= 11 is 0. The number of likely N-dealkylation sites (N-methyl/N-ethyl adjacent to an activating group) is 1. The van der Waals surface area contributed by atoms with E-state index in [2.05, 4.69) is 11.9 Å². The Kier molecular flexibility index (Phi) is 9.51. The van der Waals surface area contributed by atoms with E-state index in [1.807, 2.05) is 0 Å². The molecule has 0 aromatic carbocycles. The lowest BCUT2D eigenvalue weighted by Gasteiger charge is -2.30. The van der Waals surface area contributed by atoms with Gasteiger partial charge in [-0.05, 0) is 19.9 Å². The summed E-state index contributed by atoms with van der Waals surface area (Å²) in [6.07, 6.45) is 6.96. The average Bonchev–Trinajstić information content (AvgIpc) is 2.25. The van der Waals surface area contributed by atoms with Crippen LogP contribution in [0.3, 0.4) is 0 Å². The van der Waals surface area contributed by atoms with Crippen molar-refractivity contribution in [3.63, 3.8) is 0 Å². The van der Waals surface area contributed by atoms with Gasteiger partial charge in [0, 0.05) is 19.1 Å². The standard InChI is InChI=1S/C11H24N2O.ClH/c1-13(8-10-14-9-7-12)11-5-3-2-4-6-11;/h11H,2-10,12H2,1H3;1H. The third kappa shape index (κ3) is 6.36. The summed E-state index contributed by atoms with van der Waals surface area (Å²) in [6.45, 7) is 3.19. The molecule has 0 bridgehead atoms. The smallest absolute Gasteiger partial charge is 0.0594 e. The molecular formula is C11H25ClN2O. The van der Waals surface area contributed by atoms with Crippen molar-refractivity contribution < 1.29 is 4.74 Å². The molecule has 0 unspecified atom stereocenters. The summed E-state index contributed by atoms with van der Waals surface area (Å²) in [5.74, 6) is 0. The Morgan fingerprint density at radius 3 is 2.47 bits per heavy atom. The van der Waals surface area contributed by atoms with Crippen LogP contribution in [0.25, 0.3) is 0 Å². The molecule has 0 atom stereocenters. The van der Waals surface area contributed by atoms with Crippen molar-refractivity contribution in [2.45, 2.75) is 38.1 Å². The number of nitrogens with two attached hydrogens (primary N) is 1. The molecule has 2 N–H and O–H groups in total. The molecule has 3 nitrogen and oxygen atoms in total. The summed E-state index contributed by atoms with van der Waals surface area (Å²) in [5, 5.41) is 0. The second-order valence-electron chi connectivity index (χ2n) is 4.17. The van der Waals surface area contributed by atoms with Gasteiger partial charge in [-0.1, -0.05) is 19.3 Å². The third-order valence-corrected chi connectivity index (χ3v) is 3.05. The Hall–Kier alpha value is 0.170. The Morgan fingerprint density at radius 2 is 1.87 bits per heavy atom. The van der Waals surface area contributed by atoms with E-state index in [1.54, 1.807) is 0 Å². The van der Waals surface area contributed by atoms with Crippen LogP contribution in [0.5, 0.6) is 0 Å². The molecule has 1 aliphatic carbocycles. The normalized spacial score (nSPS) is 17.8. The maximum Gasteiger partial charge on any atom is 0.0594 e. The highest BCUT2D eigenvalue weighted by Crippen LogP contribution is 2.21.